The molecule has 34 heavy (non-hydrogen) atoms. The van der Waals surface area contributed by atoms with E-state index in [2.05, 4.69) is 9.80 Å². The van der Waals surface area contributed by atoms with Crippen molar-refractivity contribution in [3.8, 4) is 11.1 Å². The molecule has 6 heteroatoms. The van der Waals surface area contributed by atoms with Crippen molar-refractivity contribution < 1.29 is 18.5 Å². The van der Waals surface area contributed by atoms with E-state index in [1.165, 1.54) is 61.9 Å². The molecule has 2 aliphatic heterocycles. The number of hydrogen-bond acceptors (Lipinski definition) is 3. The average Bonchev–Trinajstić information content (AvgIpc) is 2.85. The Morgan fingerprint density at radius 3 is 2.47 bits per heavy atom. The zero-order valence-electron chi connectivity index (χ0n) is 20.0. The molecule has 0 unspecified atom stereocenters. The van der Waals surface area contributed by atoms with Crippen LogP contribution in [0.4, 0.5) is 8.78 Å². The van der Waals surface area contributed by atoms with Gasteiger partial charge in [-0.15, -0.1) is 0 Å². The topological polar surface area (TPSA) is 28.0 Å². The van der Waals surface area contributed by atoms with Crippen molar-refractivity contribution in [2.75, 3.05) is 45.8 Å². The highest BCUT2D eigenvalue weighted by atomic mass is 19.1. The number of rotatable bonds is 5. The summed E-state index contributed by atoms with van der Waals surface area (Å²) in [7, 11) is 0. The van der Waals surface area contributed by atoms with E-state index in [9.17, 15) is 13.6 Å². The molecular weight excluding hydrogens is 432 g/mol. The van der Waals surface area contributed by atoms with E-state index in [1.54, 1.807) is 0 Å². The lowest BCUT2D eigenvalue weighted by Gasteiger charge is -2.35. The van der Waals surface area contributed by atoms with Gasteiger partial charge in [0.1, 0.15) is 18.2 Å². The van der Waals surface area contributed by atoms with Crippen LogP contribution in [0, 0.1) is 17.6 Å². The highest BCUT2D eigenvalue weighted by Gasteiger charge is 2.29. The number of amides is 1. The third-order valence-electron chi connectivity index (χ3n) is 8.00. The summed E-state index contributed by atoms with van der Waals surface area (Å²) in [6.07, 6.45) is 7.77. The monoisotopic (exact) mass is 468 g/mol. The van der Waals surface area contributed by atoms with Gasteiger partial charge in [-0.2, -0.15) is 0 Å². The number of hydrogen-bond donors (Lipinski definition) is 1. The molecule has 0 spiro atoms. The fourth-order valence-corrected chi connectivity index (χ4v) is 5.97. The Balaban J connectivity index is 1.13. The molecule has 1 N–H and O–H groups in total. The summed E-state index contributed by atoms with van der Waals surface area (Å²) in [5.41, 5.74) is 3.58. The van der Waals surface area contributed by atoms with E-state index in [1.807, 2.05) is 18.2 Å². The zero-order valence-corrected chi connectivity index (χ0v) is 20.0. The Hall–Kier alpha value is -2.15. The van der Waals surface area contributed by atoms with Crippen molar-refractivity contribution in [3.05, 3.63) is 59.2 Å². The van der Waals surface area contributed by atoms with Crippen molar-refractivity contribution in [2.24, 2.45) is 5.92 Å². The molecule has 2 aromatic carbocycles. The lowest BCUT2D eigenvalue weighted by molar-refractivity contribution is -0.826. The second-order valence-corrected chi connectivity index (χ2v) is 10.4. The van der Waals surface area contributed by atoms with E-state index < -0.39 is 11.6 Å². The van der Waals surface area contributed by atoms with E-state index >= 15 is 0 Å². The molecule has 0 bridgehead atoms. The van der Waals surface area contributed by atoms with Crippen molar-refractivity contribution >= 4 is 5.91 Å². The quantitative estimate of drug-likeness (QED) is 0.730. The molecule has 2 fully saturated rings. The summed E-state index contributed by atoms with van der Waals surface area (Å²) in [6.45, 7) is 7.18. The van der Waals surface area contributed by atoms with Crippen molar-refractivity contribution in [1.82, 2.24) is 9.80 Å². The molecule has 1 aliphatic carbocycles. The first-order valence-electron chi connectivity index (χ1n) is 12.9. The van der Waals surface area contributed by atoms with Gasteiger partial charge >= 0.3 is 5.91 Å². The van der Waals surface area contributed by atoms with E-state index in [0.29, 0.717) is 18.0 Å². The maximum Gasteiger partial charge on any atom is 0.326 e. The molecule has 182 valence electrons. The first-order chi connectivity index (χ1) is 16.5. The predicted octanol–water partition coefficient (Wildman–Crippen LogP) is 3.30. The fourth-order valence-electron chi connectivity index (χ4n) is 5.97. The minimum absolute atomic E-state index is 0.311. The number of piperazine rings is 1. The average molecular weight is 469 g/mol. The number of nitrogens with zero attached hydrogens (tertiary/aromatic N) is 2. The summed E-state index contributed by atoms with van der Waals surface area (Å²) < 4.78 is 27.5. The molecule has 2 heterocycles. The third kappa shape index (κ3) is 5.56. The van der Waals surface area contributed by atoms with Crippen LogP contribution in [0.15, 0.2) is 36.4 Å². The minimum Gasteiger partial charge on any atom is -0.292 e. The largest absolute Gasteiger partial charge is 0.326 e. The standard InChI is InChI=1S/C28H35F2N3O/c29-25-8-9-26(27(30)17-25)23-6-7-24-19-32(11-10-22(24)16-23)20-28(34)33-14-12-31(13-15-33)18-21-4-2-1-3-5-21/h6-9,16-17,21H,1-5,10-15,18-20H2/p+1. The molecule has 1 saturated carbocycles. The maximum absolute atomic E-state index is 14.2. The number of nitrogens with one attached hydrogen (secondary N) is 1. The highest BCUT2D eigenvalue weighted by Crippen LogP contribution is 2.28. The smallest absolute Gasteiger partial charge is 0.292 e. The van der Waals surface area contributed by atoms with Crippen LogP contribution in [0.5, 0.6) is 0 Å². The van der Waals surface area contributed by atoms with Crippen molar-refractivity contribution in [1.29, 1.82) is 0 Å². The maximum atomic E-state index is 14.2. The molecule has 1 saturated heterocycles. The number of fused-ring (bicyclic) bond motifs is 1. The summed E-state index contributed by atoms with van der Waals surface area (Å²) in [5, 5.41) is 0. The summed E-state index contributed by atoms with van der Waals surface area (Å²) in [4.78, 5) is 18.9. The van der Waals surface area contributed by atoms with E-state index in [-0.39, 0.29) is 0 Å². The summed E-state index contributed by atoms with van der Waals surface area (Å²) >= 11 is 0. The van der Waals surface area contributed by atoms with Gasteiger partial charge in [-0.3, -0.25) is 14.7 Å². The molecule has 0 atom stereocenters. The molecule has 0 radical (unpaired) electrons. The molecular formula is C28H36F2N3O+. The van der Waals surface area contributed by atoms with Gasteiger partial charge in [-0.05, 0) is 54.0 Å². The van der Waals surface area contributed by atoms with Gasteiger partial charge in [-0.1, -0.05) is 37.5 Å². The second kappa shape index (κ2) is 10.6. The Morgan fingerprint density at radius 2 is 1.71 bits per heavy atom. The lowest BCUT2D eigenvalue weighted by Crippen LogP contribution is -3.17. The number of benzene rings is 2. The van der Waals surface area contributed by atoms with Crippen LogP contribution < -0.4 is 4.90 Å². The predicted molar refractivity (Wildman–Crippen MR) is 129 cm³/mol. The van der Waals surface area contributed by atoms with Gasteiger partial charge in [0.05, 0.1) is 13.1 Å². The van der Waals surface area contributed by atoms with Crippen LogP contribution in [0.25, 0.3) is 11.1 Å². The van der Waals surface area contributed by atoms with Crippen LogP contribution in [0.2, 0.25) is 0 Å². The molecule has 4 nitrogen and oxygen atoms in total. The normalized spacial score (nSPS) is 20.9. The van der Waals surface area contributed by atoms with Gasteiger partial charge in [0.15, 0.2) is 0 Å². The fraction of sp³-hybridized carbons (Fsp3) is 0.536. The van der Waals surface area contributed by atoms with E-state index in [4.69, 9.17) is 0 Å². The SMILES string of the molecule is O=C(CN1CCc2cc(-c3ccc(F)cc3F)ccc2C1)[NH+]1CCN(CC2CCCCC2)CC1. The van der Waals surface area contributed by atoms with Gasteiger partial charge < -0.3 is 0 Å². The van der Waals surface area contributed by atoms with Gasteiger partial charge in [-0.25, -0.2) is 13.6 Å². The van der Waals surface area contributed by atoms with E-state index in [0.717, 1.165) is 68.1 Å². The number of carbonyl (C=O) groups is 1. The molecule has 3 aliphatic rings. The lowest BCUT2D eigenvalue weighted by atomic mass is 9.89. The van der Waals surface area contributed by atoms with Crippen molar-refractivity contribution in [2.45, 2.75) is 45.1 Å². The van der Waals surface area contributed by atoms with Crippen molar-refractivity contribution in [3.63, 3.8) is 0 Å². The highest BCUT2D eigenvalue weighted by molar-refractivity contribution is 5.69. The minimum atomic E-state index is -0.563. The Morgan fingerprint density at radius 1 is 0.912 bits per heavy atom. The van der Waals surface area contributed by atoms with Crippen LogP contribution >= 0.6 is 0 Å². The van der Waals surface area contributed by atoms with Crippen LogP contribution in [0.3, 0.4) is 0 Å². The summed E-state index contributed by atoms with van der Waals surface area (Å²) in [5.74, 6) is 0.0716. The van der Waals surface area contributed by atoms with Crippen LogP contribution in [-0.4, -0.2) is 61.5 Å². The third-order valence-corrected chi connectivity index (χ3v) is 8.00. The summed E-state index contributed by atoms with van der Waals surface area (Å²) in [6, 6.07) is 9.67. The molecule has 2 aromatic rings. The first-order valence-corrected chi connectivity index (χ1v) is 12.9. The number of quaternary nitrogens is 1. The number of halogens is 2. The molecule has 5 rings (SSSR count). The van der Waals surface area contributed by atoms with Crippen LogP contribution in [-0.2, 0) is 17.8 Å². The van der Waals surface area contributed by atoms with Crippen LogP contribution in [0.1, 0.15) is 43.2 Å². The van der Waals surface area contributed by atoms with Gasteiger partial charge in [0.25, 0.3) is 0 Å². The molecule has 1 amide bonds. The Bertz CT molecular complexity index is 1010. The van der Waals surface area contributed by atoms with Gasteiger partial charge in [0, 0.05) is 44.4 Å². The second-order valence-electron chi connectivity index (χ2n) is 10.4. The van der Waals surface area contributed by atoms with Gasteiger partial charge in [0.2, 0.25) is 0 Å². The Kier molecular flexibility index (Phi) is 7.37. The Labute approximate surface area is 201 Å². The zero-order chi connectivity index (χ0) is 23.5. The number of carbonyl (C=O) groups excluding carboxylic acids is 1. The molecule has 0 aromatic heterocycles. The first kappa shape index (κ1) is 23.6.